The smallest absolute Gasteiger partial charge is 0.245 e. The van der Waals surface area contributed by atoms with Crippen molar-refractivity contribution in [3.05, 3.63) is 29.8 Å². The number of rotatable bonds is 6. The summed E-state index contributed by atoms with van der Waals surface area (Å²) in [5.74, 6) is 2.75. The summed E-state index contributed by atoms with van der Waals surface area (Å²) in [7, 11) is 0. The molecule has 0 bridgehead atoms. The third-order valence-corrected chi connectivity index (χ3v) is 7.08. The predicted octanol–water partition coefficient (Wildman–Crippen LogP) is 6.07. The Labute approximate surface area is 172 Å². The van der Waals surface area contributed by atoms with E-state index in [2.05, 4.69) is 62.2 Å². The SMILES string of the molecule is CC(C)c1ccccc1N[C@@H](C(=O)N1CCC(C(C)C)CC1)C1CCCCC1. The zero-order valence-electron chi connectivity index (χ0n) is 18.4. The third-order valence-electron chi connectivity index (χ3n) is 7.08. The van der Waals surface area contributed by atoms with E-state index in [1.165, 1.54) is 37.7 Å². The minimum atomic E-state index is -0.0733. The van der Waals surface area contributed by atoms with Crippen molar-refractivity contribution in [3.63, 3.8) is 0 Å². The highest BCUT2D eigenvalue weighted by atomic mass is 16.2. The third kappa shape index (κ3) is 5.10. The summed E-state index contributed by atoms with van der Waals surface area (Å²) < 4.78 is 0. The molecule has 0 unspecified atom stereocenters. The number of benzene rings is 1. The molecule has 1 atom stereocenters. The number of nitrogens with zero attached hydrogens (tertiary/aromatic N) is 1. The molecule has 0 spiro atoms. The van der Waals surface area contributed by atoms with Crippen LogP contribution in [0.1, 0.15) is 84.1 Å². The maximum atomic E-state index is 13.6. The number of carbonyl (C=O) groups excluding carboxylic acids is 1. The molecule has 0 radical (unpaired) electrons. The van der Waals surface area contributed by atoms with Crippen molar-refractivity contribution in [1.82, 2.24) is 4.90 Å². The lowest BCUT2D eigenvalue weighted by molar-refractivity contribution is -0.135. The van der Waals surface area contributed by atoms with Crippen LogP contribution >= 0.6 is 0 Å². The number of para-hydroxylation sites is 1. The van der Waals surface area contributed by atoms with Gasteiger partial charge in [0.25, 0.3) is 0 Å². The van der Waals surface area contributed by atoms with E-state index in [4.69, 9.17) is 0 Å². The van der Waals surface area contributed by atoms with Crippen LogP contribution in [0.4, 0.5) is 5.69 Å². The van der Waals surface area contributed by atoms with E-state index in [-0.39, 0.29) is 6.04 Å². The first-order valence-corrected chi connectivity index (χ1v) is 11.6. The number of hydrogen-bond donors (Lipinski definition) is 1. The van der Waals surface area contributed by atoms with Gasteiger partial charge < -0.3 is 10.2 Å². The summed E-state index contributed by atoms with van der Waals surface area (Å²) in [5, 5.41) is 3.74. The van der Waals surface area contributed by atoms with Crippen molar-refractivity contribution in [2.75, 3.05) is 18.4 Å². The molecule has 1 N–H and O–H groups in total. The van der Waals surface area contributed by atoms with Crippen LogP contribution in [-0.4, -0.2) is 29.9 Å². The normalized spacial score (nSPS) is 20.6. The molecule has 28 heavy (non-hydrogen) atoms. The molecule has 1 amide bonds. The number of nitrogens with one attached hydrogen (secondary N) is 1. The molecule has 1 aromatic carbocycles. The van der Waals surface area contributed by atoms with Gasteiger partial charge in [-0.2, -0.15) is 0 Å². The first-order valence-electron chi connectivity index (χ1n) is 11.6. The quantitative estimate of drug-likeness (QED) is 0.646. The summed E-state index contributed by atoms with van der Waals surface area (Å²) in [6.07, 6.45) is 8.51. The van der Waals surface area contributed by atoms with Crippen LogP contribution in [0.2, 0.25) is 0 Å². The fourth-order valence-electron chi connectivity index (χ4n) is 5.13. The number of amides is 1. The van der Waals surface area contributed by atoms with Crippen LogP contribution in [0.3, 0.4) is 0 Å². The van der Waals surface area contributed by atoms with Crippen molar-refractivity contribution >= 4 is 11.6 Å². The molecule has 156 valence electrons. The van der Waals surface area contributed by atoms with E-state index in [1.807, 2.05) is 0 Å². The second kappa shape index (κ2) is 9.80. The van der Waals surface area contributed by atoms with Gasteiger partial charge in [-0.05, 0) is 61.0 Å². The van der Waals surface area contributed by atoms with Gasteiger partial charge in [0.15, 0.2) is 0 Å². The lowest BCUT2D eigenvalue weighted by Crippen LogP contribution is -2.50. The van der Waals surface area contributed by atoms with Crippen LogP contribution in [0, 0.1) is 17.8 Å². The van der Waals surface area contributed by atoms with E-state index >= 15 is 0 Å². The molecule has 3 rings (SSSR count). The molecule has 1 saturated heterocycles. The molecule has 3 heteroatoms. The van der Waals surface area contributed by atoms with Gasteiger partial charge in [0.1, 0.15) is 6.04 Å². The Kier molecular flexibility index (Phi) is 7.42. The Balaban J connectivity index is 1.77. The average Bonchev–Trinajstić information content (AvgIpc) is 2.72. The van der Waals surface area contributed by atoms with E-state index in [9.17, 15) is 4.79 Å². The summed E-state index contributed by atoms with van der Waals surface area (Å²) in [6.45, 7) is 11.0. The largest absolute Gasteiger partial charge is 0.373 e. The number of carbonyl (C=O) groups is 1. The standard InChI is InChI=1S/C25H40N2O/c1-18(2)20-14-16-27(17-15-20)25(28)24(21-10-6-5-7-11-21)26-23-13-9-8-12-22(23)19(3)4/h8-9,12-13,18-21,24,26H,5-7,10-11,14-17H2,1-4H3/t24-/m1/s1. The molecule has 2 fully saturated rings. The molecule has 3 nitrogen and oxygen atoms in total. The molecule has 1 heterocycles. The molecular weight excluding hydrogens is 344 g/mol. The molecule has 1 aromatic rings. The van der Waals surface area contributed by atoms with Gasteiger partial charge in [0.2, 0.25) is 5.91 Å². The van der Waals surface area contributed by atoms with E-state index < -0.39 is 0 Å². The molecule has 1 aliphatic carbocycles. The minimum Gasteiger partial charge on any atom is -0.373 e. The Morgan fingerprint density at radius 2 is 1.57 bits per heavy atom. The zero-order chi connectivity index (χ0) is 20.1. The Morgan fingerprint density at radius 1 is 0.929 bits per heavy atom. The molecule has 2 aliphatic rings. The fourth-order valence-corrected chi connectivity index (χ4v) is 5.13. The van der Waals surface area contributed by atoms with E-state index in [0.717, 1.165) is 43.5 Å². The first-order chi connectivity index (χ1) is 13.5. The minimum absolute atomic E-state index is 0.0733. The van der Waals surface area contributed by atoms with Crippen LogP contribution in [0.15, 0.2) is 24.3 Å². The Bertz CT molecular complexity index is 625. The molecular formula is C25H40N2O. The highest BCUT2D eigenvalue weighted by Crippen LogP contribution is 2.33. The maximum Gasteiger partial charge on any atom is 0.245 e. The van der Waals surface area contributed by atoms with Gasteiger partial charge in [0, 0.05) is 18.8 Å². The maximum absolute atomic E-state index is 13.6. The first kappa shape index (κ1) is 21.2. The fraction of sp³-hybridized carbons (Fsp3) is 0.720. The Hall–Kier alpha value is -1.51. The number of anilines is 1. The van der Waals surface area contributed by atoms with Crippen molar-refractivity contribution in [2.24, 2.45) is 17.8 Å². The molecule has 1 aliphatic heterocycles. The van der Waals surface area contributed by atoms with Crippen molar-refractivity contribution < 1.29 is 4.79 Å². The van der Waals surface area contributed by atoms with Gasteiger partial charge in [-0.3, -0.25) is 4.79 Å². The van der Waals surface area contributed by atoms with Crippen LogP contribution < -0.4 is 5.32 Å². The number of piperidine rings is 1. The topological polar surface area (TPSA) is 32.3 Å². The summed E-state index contributed by atoms with van der Waals surface area (Å²) >= 11 is 0. The monoisotopic (exact) mass is 384 g/mol. The lowest BCUT2D eigenvalue weighted by atomic mass is 9.82. The molecule has 1 saturated carbocycles. The second-order valence-electron chi connectivity index (χ2n) is 9.67. The van der Waals surface area contributed by atoms with Crippen LogP contribution in [-0.2, 0) is 4.79 Å². The van der Waals surface area contributed by atoms with Gasteiger partial charge in [-0.25, -0.2) is 0 Å². The lowest BCUT2D eigenvalue weighted by Gasteiger charge is -2.39. The Morgan fingerprint density at radius 3 is 2.18 bits per heavy atom. The van der Waals surface area contributed by atoms with Crippen LogP contribution in [0.25, 0.3) is 0 Å². The summed E-state index contributed by atoms with van der Waals surface area (Å²) in [6, 6.07) is 8.47. The average molecular weight is 385 g/mol. The van der Waals surface area contributed by atoms with E-state index in [0.29, 0.717) is 17.7 Å². The van der Waals surface area contributed by atoms with Crippen molar-refractivity contribution in [3.8, 4) is 0 Å². The van der Waals surface area contributed by atoms with Crippen molar-refractivity contribution in [2.45, 2.75) is 84.6 Å². The molecule has 0 aromatic heterocycles. The second-order valence-corrected chi connectivity index (χ2v) is 9.67. The number of hydrogen-bond acceptors (Lipinski definition) is 2. The highest BCUT2D eigenvalue weighted by molar-refractivity contribution is 5.85. The van der Waals surface area contributed by atoms with Gasteiger partial charge in [-0.1, -0.05) is 65.2 Å². The van der Waals surface area contributed by atoms with Crippen LogP contribution in [0.5, 0.6) is 0 Å². The highest BCUT2D eigenvalue weighted by Gasteiger charge is 2.35. The summed E-state index contributed by atoms with van der Waals surface area (Å²) in [5.41, 5.74) is 2.47. The number of likely N-dealkylation sites (tertiary alicyclic amines) is 1. The predicted molar refractivity (Wildman–Crippen MR) is 119 cm³/mol. The van der Waals surface area contributed by atoms with Gasteiger partial charge >= 0.3 is 0 Å². The van der Waals surface area contributed by atoms with Gasteiger partial charge in [-0.15, -0.1) is 0 Å². The van der Waals surface area contributed by atoms with Crippen molar-refractivity contribution in [1.29, 1.82) is 0 Å². The van der Waals surface area contributed by atoms with Gasteiger partial charge in [0.05, 0.1) is 0 Å². The summed E-state index contributed by atoms with van der Waals surface area (Å²) in [4.78, 5) is 15.8. The zero-order valence-corrected chi connectivity index (χ0v) is 18.4. The van der Waals surface area contributed by atoms with E-state index in [1.54, 1.807) is 0 Å².